The normalized spacial score (nSPS) is 13.6. The predicted octanol–water partition coefficient (Wildman–Crippen LogP) is 29.3. The Morgan fingerprint density at radius 3 is 0.527 bits per heavy atom. The Kier molecular flexibility index (Phi) is 85.4. The summed E-state index contributed by atoms with van der Waals surface area (Å²) >= 11 is 0. The fourth-order valence-electron chi connectivity index (χ4n) is 14.8. The molecule has 0 aromatic rings. The van der Waals surface area contributed by atoms with E-state index in [-0.39, 0.29) is 25.7 Å². The van der Waals surface area contributed by atoms with Crippen LogP contribution in [0.4, 0.5) is 0 Å². The van der Waals surface area contributed by atoms with E-state index in [1.165, 1.54) is 347 Å². The molecule has 2 unspecified atom stereocenters. The molecule has 666 valence electrons. The fraction of sp³-hybridized carbons (Fsp3) is 0.957. The highest BCUT2D eigenvalue weighted by Crippen LogP contribution is 2.45. The van der Waals surface area contributed by atoms with Gasteiger partial charge in [-0.1, -0.05) is 464 Å². The van der Waals surface area contributed by atoms with Gasteiger partial charge in [0, 0.05) is 25.7 Å². The van der Waals surface area contributed by atoms with Gasteiger partial charge in [0.2, 0.25) is 0 Å². The summed E-state index contributed by atoms with van der Waals surface area (Å²) < 4.78 is 69.1. The number of phosphoric acid groups is 2. The average Bonchev–Trinajstić information content (AvgIpc) is 0.896. The molecule has 17 nitrogen and oxygen atoms in total. The molecule has 19 heteroatoms. The van der Waals surface area contributed by atoms with Gasteiger partial charge >= 0.3 is 39.5 Å². The molecule has 0 radical (unpaired) electrons. The summed E-state index contributed by atoms with van der Waals surface area (Å²) in [4.78, 5) is 73.4. The second-order valence-electron chi connectivity index (χ2n) is 33.4. The molecule has 0 aromatic heterocycles. The third kappa shape index (κ3) is 85.9. The quantitative estimate of drug-likeness (QED) is 0.0222. The molecule has 112 heavy (non-hydrogen) atoms. The average molecular weight is 1630 g/mol. The lowest BCUT2D eigenvalue weighted by atomic mass is 10.0. The standard InChI is InChI=1S/C93H182O17P2/c1-5-9-13-17-21-25-29-32-35-38-41-44-47-49-52-55-58-62-66-70-74-78-91(96)104-84-89(110-93(98)80-76-72-68-64-60-57-54-51-48-45-42-39-36-33-30-26-22-18-14-10-6-2)86-108-112(101,102)106-82-87(94)81-105-111(99,100)107-85-88(83-103-90(95)77-73-69-65-61-28-24-20-16-12-8-4)109-92(97)79-75-71-67-63-59-56-53-50-46-43-40-37-34-31-27-23-19-15-11-7-3/h87-89,94H,5-86H2,1-4H3,(H,99,100)(H,101,102)/t87-,88+,89+/m0/s1. The molecule has 0 amide bonds. The summed E-state index contributed by atoms with van der Waals surface area (Å²) in [5.74, 6) is -2.09. The van der Waals surface area contributed by atoms with Crippen molar-refractivity contribution in [3.63, 3.8) is 0 Å². The van der Waals surface area contributed by atoms with Gasteiger partial charge < -0.3 is 33.8 Å². The summed E-state index contributed by atoms with van der Waals surface area (Å²) in [6.07, 6.45) is 85.0. The first-order chi connectivity index (χ1) is 54.7. The number of hydrogen-bond donors (Lipinski definition) is 3. The molecule has 0 aliphatic carbocycles. The molecule has 0 spiro atoms. The number of carbonyl (C=O) groups is 4. The smallest absolute Gasteiger partial charge is 0.462 e. The number of aliphatic hydroxyl groups is 1. The summed E-state index contributed by atoms with van der Waals surface area (Å²) in [6, 6.07) is 0. The number of esters is 4. The molecule has 0 saturated heterocycles. The van der Waals surface area contributed by atoms with Crippen molar-refractivity contribution >= 4 is 39.5 Å². The van der Waals surface area contributed by atoms with Gasteiger partial charge in [-0.2, -0.15) is 0 Å². The first-order valence-electron chi connectivity index (χ1n) is 48.3. The van der Waals surface area contributed by atoms with Crippen LogP contribution in [0.3, 0.4) is 0 Å². The SMILES string of the molecule is CCCCCCCCCCCCCCCCCCCCCCCC(=O)OC[C@H](COP(=O)(O)OC[C@@H](O)COP(=O)(O)OC[C@@H](COC(=O)CCCCCCCCCCCC)OC(=O)CCCCCCCCCCCCCCCCCCCCCC)OC(=O)CCCCCCCCCCCCCCCCCCCCCCC. The van der Waals surface area contributed by atoms with Crippen LogP contribution in [0, 0.1) is 0 Å². The van der Waals surface area contributed by atoms with E-state index in [0.29, 0.717) is 25.7 Å². The van der Waals surface area contributed by atoms with Crippen LogP contribution < -0.4 is 0 Å². The Morgan fingerprint density at radius 1 is 0.214 bits per heavy atom. The van der Waals surface area contributed by atoms with E-state index in [1.54, 1.807) is 0 Å². The van der Waals surface area contributed by atoms with Crippen molar-refractivity contribution in [2.24, 2.45) is 0 Å². The molecular formula is C93H182O17P2. The Labute approximate surface area is 689 Å². The van der Waals surface area contributed by atoms with Gasteiger partial charge in [-0.05, 0) is 25.7 Å². The maximum atomic E-state index is 13.2. The van der Waals surface area contributed by atoms with Crippen LogP contribution in [-0.2, 0) is 65.4 Å². The van der Waals surface area contributed by atoms with E-state index in [9.17, 15) is 43.2 Å². The molecule has 0 aromatic carbocycles. The van der Waals surface area contributed by atoms with E-state index in [1.807, 2.05) is 0 Å². The van der Waals surface area contributed by atoms with Crippen molar-refractivity contribution in [1.82, 2.24) is 0 Å². The number of rotatable bonds is 94. The van der Waals surface area contributed by atoms with Crippen LogP contribution in [0.2, 0.25) is 0 Å². The van der Waals surface area contributed by atoms with E-state index >= 15 is 0 Å². The zero-order chi connectivity index (χ0) is 81.7. The van der Waals surface area contributed by atoms with Crippen molar-refractivity contribution in [1.29, 1.82) is 0 Å². The van der Waals surface area contributed by atoms with Crippen molar-refractivity contribution in [2.45, 2.75) is 534 Å². The molecule has 0 bridgehead atoms. The maximum absolute atomic E-state index is 13.2. The number of phosphoric ester groups is 2. The van der Waals surface area contributed by atoms with Crippen LogP contribution in [0.25, 0.3) is 0 Å². The maximum Gasteiger partial charge on any atom is 0.472 e. The zero-order valence-electron chi connectivity index (χ0n) is 73.7. The zero-order valence-corrected chi connectivity index (χ0v) is 75.5. The lowest BCUT2D eigenvalue weighted by molar-refractivity contribution is -0.161. The minimum atomic E-state index is -4.97. The number of unbranched alkanes of at least 4 members (excludes halogenated alkanes) is 68. The highest BCUT2D eigenvalue weighted by Gasteiger charge is 2.31. The third-order valence-corrected chi connectivity index (χ3v) is 24.0. The highest BCUT2D eigenvalue weighted by atomic mass is 31.2. The Bertz CT molecular complexity index is 2100. The molecule has 0 heterocycles. The number of carbonyl (C=O) groups excluding carboxylic acids is 4. The second-order valence-corrected chi connectivity index (χ2v) is 36.3. The fourth-order valence-corrected chi connectivity index (χ4v) is 16.3. The Morgan fingerprint density at radius 2 is 0.357 bits per heavy atom. The second kappa shape index (κ2) is 86.9. The van der Waals surface area contributed by atoms with Crippen molar-refractivity contribution in [2.75, 3.05) is 39.6 Å². The van der Waals surface area contributed by atoms with Crippen LogP contribution in [0.1, 0.15) is 516 Å². The summed E-state index contributed by atoms with van der Waals surface area (Å²) in [7, 11) is -9.93. The lowest BCUT2D eigenvalue weighted by Crippen LogP contribution is -2.30. The molecule has 3 N–H and O–H groups in total. The van der Waals surface area contributed by atoms with Gasteiger partial charge in [0.25, 0.3) is 0 Å². The summed E-state index contributed by atoms with van der Waals surface area (Å²) in [5.41, 5.74) is 0. The minimum absolute atomic E-state index is 0.110. The van der Waals surface area contributed by atoms with Crippen molar-refractivity contribution in [3.05, 3.63) is 0 Å². The molecule has 0 aliphatic heterocycles. The topological polar surface area (TPSA) is 237 Å². The predicted molar refractivity (Wildman–Crippen MR) is 465 cm³/mol. The Balaban J connectivity index is 5.20. The highest BCUT2D eigenvalue weighted by molar-refractivity contribution is 7.47. The van der Waals surface area contributed by atoms with E-state index in [2.05, 4.69) is 27.7 Å². The van der Waals surface area contributed by atoms with Gasteiger partial charge in [-0.3, -0.25) is 37.3 Å². The number of aliphatic hydroxyl groups excluding tert-OH is 1. The van der Waals surface area contributed by atoms with Gasteiger partial charge in [-0.15, -0.1) is 0 Å². The van der Waals surface area contributed by atoms with Gasteiger partial charge in [-0.25, -0.2) is 9.13 Å². The number of hydrogen-bond acceptors (Lipinski definition) is 15. The molecule has 5 atom stereocenters. The summed E-state index contributed by atoms with van der Waals surface area (Å²) in [6.45, 7) is 5.09. The Hall–Kier alpha value is -1.94. The third-order valence-electron chi connectivity index (χ3n) is 22.1. The van der Waals surface area contributed by atoms with Crippen LogP contribution >= 0.6 is 15.6 Å². The molecular weight excluding hydrogens is 1450 g/mol. The van der Waals surface area contributed by atoms with Crippen molar-refractivity contribution in [3.8, 4) is 0 Å². The van der Waals surface area contributed by atoms with Gasteiger partial charge in [0.1, 0.15) is 19.3 Å². The van der Waals surface area contributed by atoms with E-state index < -0.39 is 97.5 Å². The molecule has 0 fully saturated rings. The largest absolute Gasteiger partial charge is 0.472 e. The van der Waals surface area contributed by atoms with Crippen LogP contribution in [-0.4, -0.2) is 96.7 Å². The summed E-state index contributed by atoms with van der Waals surface area (Å²) in [5, 5.41) is 10.7. The molecule has 0 rings (SSSR count). The van der Waals surface area contributed by atoms with Gasteiger partial charge in [0.15, 0.2) is 12.2 Å². The molecule has 0 saturated carbocycles. The van der Waals surface area contributed by atoms with Crippen molar-refractivity contribution < 1.29 is 80.2 Å². The van der Waals surface area contributed by atoms with E-state index in [4.69, 9.17) is 37.0 Å². The van der Waals surface area contributed by atoms with E-state index in [0.717, 1.165) is 89.9 Å². The lowest BCUT2D eigenvalue weighted by Gasteiger charge is -2.21. The van der Waals surface area contributed by atoms with Gasteiger partial charge in [0.05, 0.1) is 26.4 Å². The van der Waals surface area contributed by atoms with Crippen LogP contribution in [0.5, 0.6) is 0 Å². The first kappa shape index (κ1) is 110. The van der Waals surface area contributed by atoms with Crippen LogP contribution in [0.15, 0.2) is 0 Å². The molecule has 0 aliphatic rings. The first-order valence-corrected chi connectivity index (χ1v) is 51.3. The monoisotopic (exact) mass is 1630 g/mol. The number of ether oxygens (including phenoxy) is 4. The minimum Gasteiger partial charge on any atom is -0.462 e.